The molecule has 0 saturated heterocycles. The van der Waals surface area contributed by atoms with E-state index in [0.29, 0.717) is 12.1 Å². The summed E-state index contributed by atoms with van der Waals surface area (Å²) in [6.45, 7) is 2.55. The van der Waals surface area contributed by atoms with Gasteiger partial charge in [-0.15, -0.1) is 11.3 Å². The van der Waals surface area contributed by atoms with Crippen molar-refractivity contribution in [3.63, 3.8) is 0 Å². The highest BCUT2D eigenvalue weighted by atomic mass is 32.1. The van der Waals surface area contributed by atoms with Gasteiger partial charge in [0.15, 0.2) is 0 Å². The Morgan fingerprint density at radius 2 is 2.44 bits per heavy atom. The molecule has 0 atom stereocenters. The van der Waals surface area contributed by atoms with Crippen molar-refractivity contribution in [2.45, 2.75) is 19.9 Å². The van der Waals surface area contributed by atoms with E-state index in [0.717, 1.165) is 11.4 Å². The van der Waals surface area contributed by atoms with Gasteiger partial charge in [0.05, 0.1) is 18.3 Å². The van der Waals surface area contributed by atoms with Gasteiger partial charge in [-0.3, -0.25) is 9.89 Å². The zero-order valence-corrected chi connectivity index (χ0v) is 9.67. The minimum absolute atomic E-state index is 0.137. The number of amides is 1. The van der Waals surface area contributed by atoms with Crippen molar-refractivity contribution in [2.75, 3.05) is 0 Å². The molecular weight excluding hydrogens is 224 g/mol. The van der Waals surface area contributed by atoms with Gasteiger partial charge in [-0.1, -0.05) is 6.92 Å². The van der Waals surface area contributed by atoms with E-state index in [9.17, 15) is 4.79 Å². The summed E-state index contributed by atoms with van der Waals surface area (Å²) in [5.41, 5.74) is 0.535. The third kappa shape index (κ3) is 2.46. The molecule has 0 aliphatic rings. The van der Waals surface area contributed by atoms with Gasteiger partial charge in [-0.2, -0.15) is 5.10 Å². The molecule has 0 spiro atoms. The van der Waals surface area contributed by atoms with Crippen molar-refractivity contribution in [1.82, 2.24) is 20.5 Å². The predicted molar refractivity (Wildman–Crippen MR) is 61.2 cm³/mol. The number of carbonyl (C=O) groups excluding carboxylic acids is 1. The second-order valence-corrected chi connectivity index (χ2v) is 4.44. The van der Waals surface area contributed by atoms with E-state index in [2.05, 4.69) is 27.4 Å². The molecule has 2 aromatic rings. The van der Waals surface area contributed by atoms with Crippen molar-refractivity contribution in [1.29, 1.82) is 0 Å². The lowest BCUT2D eigenvalue weighted by Crippen LogP contribution is -2.22. The van der Waals surface area contributed by atoms with Gasteiger partial charge in [0.2, 0.25) is 0 Å². The van der Waals surface area contributed by atoms with E-state index in [1.165, 1.54) is 11.1 Å². The van der Waals surface area contributed by atoms with Crippen LogP contribution >= 0.6 is 11.3 Å². The summed E-state index contributed by atoms with van der Waals surface area (Å²) in [6, 6.07) is 0. The van der Waals surface area contributed by atoms with Gasteiger partial charge in [0, 0.05) is 17.3 Å². The molecule has 2 heterocycles. The average molecular weight is 236 g/mol. The first-order chi connectivity index (χ1) is 7.79. The lowest BCUT2D eigenvalue weighted by Gasteiger charge is -1.99. The summed E-state index contributed by atoms with van der Waals surface area (Å²) in [4.78, 5) is 17.0. The largest absolute Gasteiger partial charge is 0.345 e. The number of nitrogens with one attached hydrogen (secondary N) is 2. The van der Waals surface area contributed by atoms with E-state index in [-0.39, 0.29) is 5.91 Å². The second kappa shape index (κ2) is 4.89. The van der Waals surface area contributed by atoms with Gasteiger partial charge in [-0.25, -0.2) is 4.98 Å². The third-order valence-electron chi connectivity index (χ3n) is 2.11. The normalized spacial score (nSPS) is 10.3. The van der Waals surface area contributed by atoms with Crippen molar-refractivity contribution < 1.29 is 4.79 Å². The number of hydrogen-bond donors (Lipinski definition) is 2. The number of aryl methyl sites for hydroxylation is 1. The molecule has 84 valence electrons. The topological polar surface area (TPSA) is 70.7 Å². The van der Waals surface area contributed by atoms with Crippen LogP contribution in [0, 0.1) is 0 Å². The fourth-order valence-corrected chi connectivity index (χ4v) is 2.03. The van der Waals surface area contributed by atoms with Crippen LogP contribution in [0.3, 0.4) is 0 Å². The standard InChI is InChI=1S/C10H12N4OS/c1-2-8-5-11-9(16-8)6-12-10(15)7-3-13-14-4-7/h3-5H,2,6H2,1H3,(H,12,15)(H,13,14). The Morgan fingerprint density at radius 3 is 3.06 bits per heavy atom. The first kappa shape index (κ1) is 10.8. The van der Waals surface area contributed by atoms with Gasteiger partial charge < -0.3 is 5.32 Å². The molecule has 0 saturated carbocycles. The second-order valence-electron chi connectivity index (χ2n) is 3.24. The maximum absolute atomic E-state index is 11.6. The molecule has 2 N–H and O–H groups in total. The molecule has 0 bridgehead atoms. The summed E-state index contributed by atoms with van der Waals surface area (Å²) >= 11 is 1.62. The number of rotatable bonds is 4. The number of aromatic amines is 1. The number of thiazole rings is 1. The van der Waals surface area contributed by atoms with Gasteiger partial charge in [-0.05, 0) is 6.42 Å². The van der Waals surface area contributed by atoms with Crippen LogP contribution in [0.4, 0.5) is 0 Å². The van der Waals surface area contributed by atoms with E-state index in [1.54, 1.807) is 17.5 Å². The van der Waals surface area contributed by atoms with Crippen molar-refractivity contribution in [2.24, 2.45) is 0 Å². The lowest BCUT2D eigenvalue weighted by molar-refractivity contribution is 0.0951. The smallest absolute Gasteiger partial charge is 0.254 e. The van der Waals surface area contributed by atoms with E-state index >= 15 is 0 Å². The maximum Gasteiger partial charge on any atom is 0.254 e. The molecule has 5 nitrogen and oxygen atoms in total. The van der Waals surface area contributed by atoms with Crippen LogP contribution in [0.25, 0.3) is 0 Å². The fourth-order valence-electron chi connectivity index (χ4n) is 1.23. The Kier molecular flexibility index (Phi) is 3.31. The van der Waals surface area contributed by atoms with Crippen LogP contribution in [0.5, 0.6) is 0 Å². The van der Waals surface area contributed by atoms with Gasteiger partial charge in [0.25, 0.3) is 5.91 Å². The molecule has 1 amide bonds. The van der Waals surface area contributed by atoms with Crippen LogP contribution in [0.15, 0.2) is 18.6 Å². The molecule has 0 aromatic carbocycles. The quantitative estimate of drug-likeness (QED) is 0.842. The number of nitrogens with zero attached hydrogens (tertiary/aromatic N) is 2. The lowest BCUT2D eigenvalue weighted by atomic mass is 10.3. The van der Waals surface area contributed by atoms with E-state index in [1.807, 2.05) is 6.20 Å². The minimum Gasteiger partial charge on any atom is -0.345 e. The van der Waals surface area contributed by atoms with Crippen molar-refractivity contribution >= 4 is 17.2 Å². The Bertz CT molecular complexity index is 463. The van der Waals surface area contributed by atoms with E-state index < -0.39 is 0 Å². The fraction of sp³-hybridized carbons (Fsp3) is 0.300. The van der Waals surface area contributed by atoms with Crippen LogP contribution in [0.1, 0.15) is 27.2 Å². The highest BCUT2D eigenvalue weighted by Crippen LogP contribution is 2.12. The molecular formula is C10H12N4OS. The third-order valence-corrected chi connectivity index (χ3v) is 3.25. The van der Waals surface area contributed by atoms with Gasteiger partial charge in [0.1, 0.15) is 5.01 Å². The first-order valence-corrected chi connectivity index (χ1v) is 5.81. The SMILES string of the molecule is CCc1cnc(CNC(=O)c2cn[nH]c2)s1. The number of H-pyrrole nitrogens is 1. The Hall–Kier alpha value is -1.69. The maximum atomic E-state index is 11.6. The highest BCUT2D eigenvalue weighted by molar-refractivity contribution is 7.11. The molecule has 6 heteroatoms. The Balaban J connectivity index is 1.90. The number of aromatic nitrogens is 3. The molecule has 0 unspecified atom stereocenters. The predicted octanol–water partition coefficient (Wildman–Crippen LogP) is 1.36. The Morgan fingerprint density at radius 1 is 1.56 bits per heavy atom. The average Bonchev–Trinajstić information content (AvgIpc) is 2.96. The summed E-state index contributed by atoms with van der Waals surface area (Å²) in [7, 11) is 0. The molecule has 0 aliphatic heterocycles. The summed E-state index contributed by atoms with van der Waals surface area (Å²) in [5.74, 6) is -0.137. The van der Waals surface area contributed by atoms with Gasteiger partial charge >= 0.3 is 0 Å². The monoisotopic (exact) mass is 236 g/mol. The first-order valence-electron chi connectivity index (χ1n) is 5.00. The zero-order chi connectivity index (χ0) is 11.4. The van der Waals surface area contributed by atoms with Crippen molar-refractivity contribution in [3.05, 3.63) is 34.0 Å². The zero-order valence-electron chi connectivity index (χ0n) is 8.86. The van der Waals surface area contributed by atoms with E-state index in [4.69, 9.17) is 0 Å². The van der Waals surface area contributed by atoms with Crippen molar-refractivity contribution in [3.8, 4) is 0 Å². The van der Waals surface area contributed by atoms with Crippen LogP contribution in [-0.4, -0.2) is 21.1 Å². The molecule has 2 aromatic heterocycles. The molecule has 0 fully saturated rings. The number of hydrogen-bond acceptors (Lipinski definition) is 4. The van der Waals surface area contributed by atoms with Crippen LogP contribution in [0.2, 0.25) is 0 Å². The molecule has 0 radical (unpaired) electrons. The summed E-state index contributed by atoms with van der Waals surface area (Å²) in [5, 5.41) is 10.0. The summed E-state index contributed by atoms with van der Waals surface area (Å²) < 4.78 is 0. The van der Waals surface area contributed by atoms with Crippen LogP contribution < -0.4 is 5.32 Å². The number of carbonyl (C=O) groups is 1. The summed E-state index contributed by atoms with van der Waals surface area (Å²) in [6.07, 6.45) is 5.89. The Labute approximate surface area is 96.9 Å². The van der Waals surface area contributed by atoms with Crippen LogP contribution in [-0.2, 0) is 13.0 Å². The molecule has 0 aliphatic carbocycles. The minimum atomic E-state index is -0.137. The molecule has 2 rings (SSSR count). The molecule has 16 heavy (non-hydrogen) atoms. The highest BCUT2D eigenvalue weighted by Gasteiger charge is 2.07.